The Kier molecular flexibility index (Phi) is 8.63. The predicted molar refractivity (Wildman–Crippen MR) is 57.9 cm³/mol. The Balaban J connectivity index is 2.88. The molecule has 1 unspecified atom stereocenters. The average Bonchev–Trinajstić information content (AvgIpc) is 1.89. The van der Waals surface area contributed by atoms with E-state index >= 15 is 0 Å². The van der Waals surface area contributed by atoms with Gasteiger partial charge in [0, 0.05) is 58.3 Å². The molecule has 56 valence electrons. The van der Waals surface area contributed by atoms with Crippen LogP contribution in [-0.4, -0.2) is 12.6 Å². The highest BCUT2D eigenvalue weighted by Gasteiger charge is 1.95. The van der Waals surface area contributed by atoms with E-state index in [0.29, 0.717) is 6.04 Å². The molecule has 0 aliphatic heterocycles. The van der Waals surface area contributed by atoms with Crippen LogP contribution < -0.4 is 7.06 Å². The van der Waals surface area contributed by atoms with Gasteiger partial charge in [-0.05, 0) is 19.8 Å². The Morgan fingerprint density at radius 3 is 2.56 bits per heavy atom. The van der Waals surface area contributed by atoms with Crippen molar-refractivity contribution >= 4 is 45.7 Å². The maximum Gasteiger partial charge on any atom is 0.0172 e. The lowest BCUT2D eigenvalue weighted by Gasteiger charge is -2.06. The number of hydrogen-bond acceptors (Lipinski definition) is 2. The van der Waals surface area contributed by atoms with Gasteiger partial charge < -0.3 is 0 Å². The van der Waals surface area contributed by atoms with Crippen LogP contribution in [0.3, 0.4) is 0 Å². The number of nitrogens with one attached hydrogen (secondary N) is 2. The van der Waals surface area contributed by atoms with E-state index in [2.05, 4.69) is 59.7 Å². The fraction of sp³-hybridized carbons (Fsp3) is 1.00. The molecule has 0 rings (SSSR count). The number of halogens is 2. The molecule has 0 amide bonds. The molecule has 0 radical (unpaired) electrons. The second-order valence-electron chi connectivity index (χ2n) is 2.04. The summed E-state index contributed by atoms with van der Waals surface area (Å²) in [6.45, 7) is 3.31. The van der Waals surface area contributed by atoms with Crippen LogP contribution in [0.4, 0.5) is 0 Å². The standard InChI is InChI=1S/C5H12I2N2/c1-5(9-7)3-2-4-8-6/h5,8-9H,2-4H2,1H3. The van der Waals surface area contributed by atoms with E-state index in [1.54, 1.807) is 0 Å². The summed E-state index contributed by atoms with van der Waals surface area (Å²) >= 11 is 4.37. The molecule has 0 aromatic heterocycles. The van der Waals surface area contributed by atoms with Crippen molar-refractivity contribution in [3.63, 3.8) is 0 Å². The topological polar surface area (TPSA) is 24.1 Å². The normalized spacial score (nSPS) is 13.7. The van der Waals surface area contributed by atoms with Crippen molar-refractivity contribution in [3.8, 4) is 0 Å². The van der Waals surface area contributed by atoms with E-state index in [0.717, 1.165) is 6.54 Å². The molecule has 0 saturated heterocycles. The lowest BCUT2D eigenvalue weighted by molar-refractivity contribution is 0.607. The van der Waals surface area contributed by atoms with Gasteiger partial charge in [-0.25, -0.2) is 0 Å². The summed E-state index contributed by atoms with van der Waals surface area (Å²) in [6.07, 6.45) is 2.50. The van der Waals surface area contributed by atoms with Gasteiger partial charge in [0.05, 0.1) is 0 Å². The van der Waals surface area contributed by atoms with Crippen LogP contribution >= 0.6 is 45.7 Å². The molecule has 4 heteroatoms. The lowest BCUT2D eigenvalue weighted by atomic mass is 10.2. The maximum atomic E-state index is 3.16. The lowest BCUT2D eigenvalue weighted by Crippen LogP contribution is -2.16. The van der Waals surface area contributed by atoms with Gasteiger partial charge in [0.1, 0.15) is 0 Å². The van der Waals surface area contributed by atoms with E-state index < -0.39 is 0 Å². The Morgan fingerprint density at radius 2 is 2.11 bits per heavy atom. The monoisotopic (exact) mass is 354 g/mol. The first kappa shape index (κ1) is 10.4. The fourth-order valence-corrected chi connectivity index (χ4v) is 1.22. The fourth-order valence-electron chi connectivity index (χ4n) is 0.530. The van der Waals surface area contributed by atoms with Gasteiger partial charge in [-0.15, -0.1) is 0 Å². The highest BCUT2D eigenvalue weighted by Crippen LogP contribution is 1.96. The molecule has 0 aliphatic rings. The van der Waals surface area contributed by atoms with Crippen molar-refractivity contribution in [1.82, 2.24) is 7.06 Å². The smallest absolute Gasteiger partial charge is 0.0172 e. The second kappa shape index (κ2) is 7.49. The van der Waals surface area contributed by atoms with Crippen LogP contribution in [-0.2, 0) is 0 Å². The summed E-state index contributed by atoms with van der Waals surface area (Å²) in [4.78, 5) is 0. The molecule has 0 aromatic rings. The molecule has 0 heterocycles. The van der Waals surface area contributed by atoms with Crippen molar-refractivity contribution in [3.05, 3.63) is 0 Å². The van der Waals surface area contributed by atoms with Crippen LogP contribution in [0.1, 0.15) is 19.8 Å². The zero-order chi connectivity index (χ0) is 7.11. The third-order valence-electron chi connectivity index (χ3n) is 1.09. The minimum Gasteiger partial charge on any atom is -0.261 e. The second-order valence-corrected chi connectivity index (χ2v) is 3.42. The van der Waals surface area contributed by atoms with Gasteiger partial charge >= 0.3 is 0 Å². The van der Waals surface area contributed by atoms with E-state index in [9.17, 15) is 0 Å². The van der Waals surface area contributed by atoms with Gasteiger partial charge in [-0.2, -0.15) is 0 Å². The first-order valence-electron chi connectivity index (χ1n) is 3.01. The predicted octanol–water partition coefficient (Wildman–Crippen LogP) is 2.03. The van der Waals surface area contributed by atoms with E-state index in [-0.39, 0.29) is 0 Å². The van der Waals surface area contributed by atoms with Crippen LogP contribution in [0.25, 0.3) is 0 Å². The molecule has 0 bridgehead atoms. The van der Waals surface area contributed by atoms with Crippen molar-refractivity contribution in [2.75, 3.05) is 6.54 Å². The van der Waals surface area contributed by atoms with E-state index in [4.69, 9.17) is 0 Å². The van der Waals surface area contributed by atoms with Gasteiger partial charge in [0.25, 0.3) is 0 Å². The van der Waals surface area contributed by atoms with E-state index in [1.165, 1.54) is 12.8 Å². The Morgan fingerprint density at radius 1 is 1.44 bits per heavy atom. The SMILES string of the molecule is CC(CCCNI)NI. The first-order chi connectivity index (χ1) is 4.31. The number of hydrogen-bond donors (Lipinski definition) is 2. The van der Waals surface area contributed by atoms with Crippen molar-refractivity contribution < 1.29 is 0 Å². The van der Waals surface area contributed by atoms with E-state index in [1.807, 2.05) is 0 Å². The Labute approximate surface area is 84.5 Å². The van der Waals surface area contributed by atoms with Crippen LogP contribution in [0.15, 0.2) is 0 Å². The molecule has 1 atom stereocenters. The van der Waals surface area contributed by atoms with Crippen LogP contribution in [0.2, 0.25) is 0 Å². The average molecular weight is 354 g/mol. The third kappa shape index (κ3) is 7.27. The molecule has 2 nitrogen and oxygen atoms in total. The van der Waals surface area contributed by atoms with Gasteiger partial charge in [-0.1, -0.05) is 0 Å². The van der Waals surface area contributed by atoms with Crippen LogP contribution in [0.5, 0.6) is 0 Å². The van der Waals surface area contributed by atoms with Gasteiger partial charge in [-0.3, -0.25) is 7.06 Å². The quantitative estimate of drug-likeness (QED) is 0.449. The highest BCUT2D eigenvalue weighted by molar-refractivity contribution is 14.1. The summed E-state index contributed by atoms with van der Waals surface area (Å²) < 4.78 is 6.25. The molecule has 9 heavy (non-hydrogen) atoms. The van der Waals surface area contributed by atoms with Crippen molar-refractivity contribution in [1.29, 1.82) is 0 Å². The zero-order valence-corrected chi connectivity index (χ0v) is 9.77. The highest BCUT2D eigenvalue weighted by atomic mass is 127. The molecule has 0 aromatic carbocycles. The molecular weight excluding hydrogens is 342 g/mol. The van der Waals surface area contributed by atoms with Crippen molar-refractivity contribution in [2.24, 2.45) is 0 Å². The molecular formula is C5H12I2N2. The minimum atomic E-state index is 0.648. The molecule has 0 fully saturated rings. The molecule has 0 aliphatic carbocycles. The largest absolute Gasteiger partial charge is 0.261 e. The Bertz CT molecular complexity index is 60.9. The molecule has 0 spiro atoms. The zero-order valence-electron chi connectivity index (χ0n) is 5.45. The Hall–Kier alpha value is 1.38. The number of rotatable bonds is 5. The van der Waals surface area contributed by atoms with Gasteiger partial charge in [0.2, 0.25) is 0 Å². The minimum absolute atomic E-state index is 0.648. The molecule has 2 N–H and O–H groups in total. The summed E-state index contributed by atoms with van der Waals surface area (Å²) in [5.41, 5.74) is 0. The van der Waals surface area contributed by atoms with Gasteiger partial charge in [0.15, 0.2) is 0 Å². The third-order valence-corrected chi connectivity index (χ3v) is 2.70. The summed E-state index contributed by atoms with van der Waals surface area (Å²) in [5, 5.41) is 0. The summed E-state index contributed by atoms with van der Waals surface area (Å²) in [5.74, 6) is 0. The summed E-state index contributed by atoms with van der Waals surface area (Å²) in [6, 6.07) is 0.648. The van der Waals surface area contributed by atoms with Crippen molar-refractivity contribution in [2.45, 2.75) is 25.8 Å². The maximum absolute atomic E-state index is 3.16. The summed E-state index contributed by atoms with van der Waals surface area (Å²) in [7, 11) is 0. The van der Waals surface area contributed by atoms with Crippen LogP contribution in [0, 0.1) is 0 Å². The first-order valence-corrected chi connectivity index (χ1v) is 5.16. The molecule has 0 saturated carbocycles.